The fourth-order valence-electron chi connectivity index (χ4n) is 1.27. The topological polar surface area (TPSA) is 25.8 Å². The highest BCUT2D eigenvalue weighted by molar-refractivity contribution is 6.33. The van der Waals surface area contributed by atoms with Gasteiger partial charge in [0.1, 0.15) is 5.82 Å². The van der Waals surface area contributed by atoms with Crippen LogP contribution in [0.5, 0.6) is 0 Å². The highest BCUT2D eigenvalue weighted by Gasteiger charge is 2.07. The molecule has 0 atom stereocenters. The highest BCUT2D eigenvalue weighted by Crippen LogP contribution is 2.25. The molecule has 5 heteroatoms. The lowest BCUT2D eigenvalue weighted by atomic mass is 10.2. The third kappa shape index (κ3) is 2.31. The molecule has 0 aliphatic rings. The van der Waals surface area contributed by atoms with Crippen molar-refractivity contribution in [2.75, 3.05) is 0 Å². The second kappa shape index (κ2) is 4.76. The van der Waals surface area contributed by atoms with E-state index in [1.165, 1.54) is 12.1 Å². The Bertz CT molecular complexity index is 517. The zero-order valence-corrected chi connectivity index (χ0v) is 9.63. The first-order valence-electron chi connectivity index (χ1n) is 4.54. The first-order chi connectivity index (χ1) is 7.70. The number of benzene rings is 1. The van der Waals surface area contributed by atoms with Crippen LogP contribution in [0.15, 0.2) is 30.5 Å². The summed E-state index contributed by atoms with van der Waals surface area (Å²) in [5.41, 5.74) is 1.29. The smallest absolute Gasteiger partial charge is 0.160 e. The standard InChI is InChI=1S/C11H7Cl2FN2/c12-6-8-3-4-15-11(16-8)9-2-1-7(14)5-10(9)13/h1-5H,6H2. The van der Waals surface area contributed by atoms with Crippen molar-refractivity contribution in [3.8, 4) is 11.4 Å². The molecule has 82 valence electrons. The maximum atomic E-state index is 12.9. The Kier molecular flexibility index (Phi) is 3.36. The van der Waals surface area contributed by atoms with Crippen LogP contribution in [0.1, 0.15) is 5.69 Å². The van der Waals surface area contributed by atoms with E-state index in [0.717, 1.165) is 0 Å². The van der Waals surface area contributed by atoms with Gasteiger partial charge in [0, 0.05) is 11.8 Å². The molecule has 1 aromatic carbocycles. The molecule has 0 spiro atoms. The van der Waals surface area contributed by atoms with Gasteiger partial charge in [-0.05, 0) is 24.3 Å². The largest absolute Gasteiger partial charge is 0.237 e. The minimum absolute atomic E-state index is 0.284. The molecule has 1 heterocycles. The van der Waals surface area contributed by atoms with Crippen molar-refractivity contribution in [2.45, 2.75) is 5.88 Å². The van der Waals surface area contributed by atoms with E-state index >= 15 is 0 Å². The summed E-state index contributed by atoms with van der Waals surface area (Å²) >= 11 is 11.6. The lowest BCUT2D eigenvalue weighted by Crippen LogP contribution is -1.93. The van der Waals surface area contributed by atoms with Gasteiger partial charge in [0.15, 0.2) is 5.82 Å². The summed E-state index contributed by atoms with van der Waals surface area (Å²) in [6, 6.07) is 5.81. The van der Waals surface area contributed by atoms with Gasteiger partial charge >= 0.3 is 0 Å². The van der Waals surface area contributed by atoms with Crippen LogP contribution in [-0.2, 0) is 5.88 Å². The lowest BCUT2D eigenvalue weighted by Gasteiger charge is -2.03. The van der Waals surface area contributed by atoms with Crippen molar-refractivity contribution in [1.29, 1.82) is 0 Å². The minimum atomic E-state index is -0.387. The van der Waals surface area contributed by atoms with Gasteiger partial charge in [0.2, 0.25) is 0 Å². The predicted octanol–water partition coefficient (Wildman–Crippen LogP) is 3.67. The zero-order chi connectivity index (χ0) is 11.5. The minimum Gasteiger partial charge on any atom is -0.237 e. The van der Waals surface area contributed by atoms with E-state index < -0.39 is 0 Å². The van der Waals surface area contributed by atoms with Gasteiger partial charge in [-0.2, -0.15) is 0 Å². The Morgan fingerprint density at radius 2 is 2.06 bits per heavy atom. The van der Waals surface area contributed by atoms with E-state index in [0.29, 0.717) is 23.0 Å². The lowest BCUT2D eigenvalue weighted by molar-refractivity contribution is 0.628. The number of halogens is 3. The normalized spacial score (nSPS) is 10.4. The Balaban J connectivity index is 2.49. The van der Waals surface area contributed by atoms with Gasteiger partial charge in [-0.3, -0.25) is 0 Å². The van der Waals surface area contributed by atoms with E-state index in [1.54, 1.807) is 18.3 Å². The summed E-state index contributed by atoms with van der Waals surface area (Å²) in [4.78, 5) is 8.27. The van der Waals surface area contributed by atoms with Gasteiger partial charge < -0.3 is 0 Å². The molecule has 2 rings (SSSR count). The van der Waals surface area contributed by atoms with Crippen molar-refractivity contribution in [2.24, 2.45) is 0 Å². The SMILES string of the molecule is Fc1ccc(-c2nccc(CCl)n2)c(Cl)c1. The van der Waals surface area contributed by atoms with Crippen molar-refractivity contribution in [3.05, 3.63) is 47.0 Å². The Labute approximate surface area is 102 Å². The average molecular weight is 257 g/mol. The van der Waals surface area contributed by atoms with Gasteiger partial charge in [-0.1, -0.05) is 11.6 Å². The van der Waals surface area contributed by atoms with E-state index in [-0.39, 0.29) is 10.8 Å². The summed E-state index contributed by atoms with van der Waals surface area (Å²) in [5.74, 6) is 0.360. The van der Waals surface area contributed by atoms with Gasteiger partial charge in [-0.15, -0.1) is 11.6 Å². The van der Waals surface area contributed by atoms with Crippen molar-refractivity contribution >= 4 is 23.2 Å². The average Bonchev–Trinajstić information content (AvgIpc) is 2.29. The first kappa shape index (κ1) is 11.3. The quantitative estimate of drug-likeness (QED) is 0.767. The highest BCUT2D eigenvalue weighted by atomic mass is 35.5. The molecule has 0 amide bonds. The van der Waals surface area contributed by atoms with E-state index in [4.69, 9.17) is 23.2 Å². The molecule has 16 heavy (non-hydrogen) atoms. The molecule has 0 bridgehead atoms. The third-order valence-corrected chi connectivity index (χ3v) is 2.61. The Morgan fingerprint density at radius 3 is 2.75 bits per heavy atom. The van der Waals surface area contributed by atoms with Crippen LogP contribution in [0.3, 0.4) is 0 Å². The summed E-state index contributed by atoms with van der Waals surface area (Å²) in [7, 11) is 0. The molecule has 1 aromatic heterocycles. The molecule has 0 radical (unpaired) electrons. The van der Waals surface area contributed by atoms with Crippen LogP contribution < -0.4 is 0 Å². The molecule has 0 unspecified atom stereocenters. The van der Waals surface area contributed by atoms with Crippen LogP contribution in [0, 0.1) is 5.82 Å². The molecular formula is C11H7Cl2FN2. The van der Waals surface area contributed by atoms with Crippen LogP contribution in [0.2, 0.25) is 5.02 Å². The van der Waals surface area contributed by atoms with Gasteiger partial charge in [-0.25, -0.2) is 14.4 Å². The van der Waals surface area contributed by atoms with E-state index in [1.807, 2.05) is 0 Å². The zero-order valence-electron chi connectivity index (χ0n) is 8.12. The first-order valence-corrected chi connectivity index (χ1v) is 5.45. The van der Waals surface area contributed by atoms with E-state index in [9.17, 15) is 4.39 Å². The maximum absolute atomic E-state index is 12.9. The second-order valence-electron chi connectivity index (χ2n) is 3.13. The molecular weight excluding hydrogens is 250 g/mol. The molecule has 2 aromatic rings. The molecule has 0 saturated heterocycles. The van der Waals surface area contributed by atoms with Crippen molar-refractivity contribution < 1.29 is 4.39 Å². The summed E-state index contributed by atoms with van der Waals surface area (Å²) in [6.45, 7) is 0. The monoisotopic (exact) mass is 256 g/mol. The number of nitrogens with zero attached hydrogens (tertiary/aromatic N) is 2. The van der Waals surface area contributed by atoms with Gasteiger partial charge in [0.25, 0.3) is 0 Å². The van der Waals surface area contributed by atoms with E-state index in [2.05, 4.69) is 9.97 Å². The Hall–Kier alpha value is -1.19. The number of aromatic nitrogens is 2. The molecule has 0 fully saturated rings. The van der Waals surface area contributed by atoms with Crippen molar-refractivity contribution in [3.63, 3.8) is 0 Å². The number of rotatable bonds is 2. The Morgan fingerprint density at radius 1 is 1.25 bits per heavy atom. The summed E-state index contributed by atoms with van der Waals surface area (Å²) in [5, 5.41) is 0.284. The third-order valence-electron chi connectivity index (χ3n) is 2.02. The van der Waals surface area contributed by atoms with Crippen molar-refractivity contribution in [1.82, 2.24) is 9.97 Å². The molecule has 2 nitrogen and oxygen atoms in total. The van der Waals surface area contributed by atoms with Crippen LogP contribution in [-0.4, -0.2) is 9.97 Å². The number of alkyl halides is 1. The summed E-state index contributed by atoms with van der Waals surface area (Å²) in [6.07, 6.45) is 1.60. The van der Waals surface area contributed by atoms with Crippen LogP contribution in [0.25, 0.3) is 11.4 Å². The molecule has 0 aliphatic carbocycles. The van der Waals surface area contributed by atoms with Crippen LogP contribution in [0.4, 0.5) is 4.39 Å². The number of hydrogen-bond donors (Lipinski definition) is 0. The molecule has 0 aliphatic heterocycles. The fourth-order valence-corrected chi connectivity index (χ4v) is 1.67. The number of hydrogen-bond acceptors (Lipinski definition) is 2. The predicted molar refractivity (Wildman–Crippen MR) is 62.0 cm³/mol. The summed E-state index contributed by atoms with van der Waals surface area (Å²) < 4.78 is 12.9. The molecule has 0 saturated carbocycles. The van der Waals surface area contributed by atoms with Gasteiger partial charge in [0.05, 0.1) is 16.6 Å². The van der Waals surface area contributed by atoms with Crippen LogP contribution >= 0.6 is 23.2 Å². The fraction of sp³-hybridized carbons (Fsp3) is 0.0909. The maximum Gasteiger partial charge on any atom is 0.160 e. The molecule has 0 N–H and O–H groups in total. The second-order valence-corrected chi connectivity index (χ2v) is 3.80.